The van der Waals surface area contributed by atoms with E-state index in [0.717, 1.165) is 28.0 Å². The van der Waals surface area contributed by atoms with Crippen LogP contribution in [0.3, 0.4) is 0 Å². The molecule has 1 atom stereocenters. The van der Waals surface area contributed by atoms with Gasteiger partial charge in [0.15, 0.2) is 0 Å². The predicted octanol–water partition coefficient (Wildman–Crippen LogP) is 6.02. The molecular formula is C29H26N2O4. The number of amides is 2. The third-order valence-corrected chi connectivity index (χ3v) is 6.05. The van der Waals surface area contributed by atoms with Gasteiger partial charge in [0.05, 0.1) is 12.5 Å². The first-order valence-corrected chi connectivity index (χ1v) is 11.7. The van der Waals surface area contributed by atoms with Crippen LogP contribution in [0, 0.1) is 5.92 Å². The lowest BCUT2D eigenvalue weighted by Crippen LogP contribution is -2.28. The number of carbonyl (C=O) groups excluding carboxylic acids is 2. The zero-order valence-electron chi connectivity index (χ0n) is 19.4. The van der Waals surface area contributed by atoms with Crippen LogP contribution in [0.2, 0.25) is 0 Å². The van der Waals surface area contributed by atoms with Crippen LogP contribution < -0.4 is 19.7 Å². The number of rotatable bonds is 7. The average Bonchev–Trinajstić information content (AvgIpc) is 3.28. The zero-order valence-corrected chi connectivity index (χ0v) is 19.4. The molecule has 6 nitrogen and oxygen atoms in total. The van der Waals surface area contributed by atoms with E-state index < -0.39 is 5.92 Å². The minimum Gasteiger partial charge on any atom is -0.494 e. The Morgan fingerprint density at radius 1 is 0.914 bits per heavy atom. The molecule has 1 fully saturated rings. The van der Waals surface area contributed by atoms with E-state index in [1.165, 1.54) is 0 Å². The van der Waals surface area contributed by atoms with Crippen LogP contribution in [0.15, 0.2) is 91.0 Å². The van der Waals surface area contributed by atoms with E-state index >= 15 is 0 Å². The fourth-order valence-corrected chi connectivity index (χ4v) is 4.28. The van der Waals surface area contributed by atoms with Gasteiger partial charge in [-0.3, -0.25) is 9.59 Å². The monoisotopic (exact) mass is 466 g/mol. The van der Waals surface area contributed by atoms with Crippen LogP contribution in [0.5, 0.6) is 17.2 Å². The molecule has 1 N–H and O–H groups in total. The number of carbonyl (C=O) groups is 2. The molecule has 5 rings (SSSR count). The third-order valence-electron chi connectivity index (χ3n) is 6.05. The number of nitrogens with one attached hydrogen (secondary N) is 1. The Morgan fingerprint density at radius 3 is 2.40 bits per heavy atom. The highest BCUT2D eigenvalue weighted by atomic mass is 16.5. The van der Waals surface area contributed by atoms with E-state index in [1.54, 1.807) is 17.0 Å². The Kier molecular flexibility index (Phi) is 6.35. The molecule has 0 unspecified atom stereocenters. The maximum absolute atomic E-state index is 12.9. The molecular weight excluding hydrogens is 440 g/mol. The molecule has 1 aliphatic rings. The van der Waals surface area contributed by atoms with Crippen molar-refractivity contribution in [2.45, 2.75) is 13.3 Å². The molecule has 0 aliphatic carbocycles. The molecule has 35 heavy (non-hydrogen) atoms. The molecule has 4 aromatic rings. The van der Waals surface area contributed by atoms with Crippen molar-refractivity contribution < 1.29 is 19.1 Å². The average molecular weight is 467 g/mol. The molecule has 4 aromatic carbocycles. The summed E-state index contributed by atoms with van der Waals surface area (Å²) in [5.41, 5.74) is 1.43. The zero-order chi connectivity index (χ0) is 24.2. The lowest BCUT2D eigenvalue weighted by Gasteiger charge is -2.17. The summed E-state index contributed by atoms with van der Waals surface area (Å²) in [5.74, 6) is 1.56. The van der Waals surface area contributed by atoms with Crippen LogP contribution in [-0.2, 0) is 9.59 Å². The smallest absolute Gasteiger partial charge is 0.229 e. The number of anilines is 2. The minimum absolute atomic E-state index is 0.0619. The highest BCUT2D eigenvalue weighted by molar-refractivity contribution is 6.03. The van der Waals surface area contributed by atoms with Gasteiger partial charge in [-0.2, -0.15) is 0 Å². The summed E-state index contributed by atoms with van der Waals surface area (Å²) in [5, 5.41) is 5.08. The second-order valence-electron chi connectivity index (χ2n) is 8.43. The Morgan fingerprint density at radius 2 is 1.63 bits per heavy atom. The van der Waals surface area contributed by atoms with Gasteiger partial charge in [0.25, 0.3) is 0 Å². The largest absolute Gasteiger partial charge is 0.494 e. The van der Waals surface area contributed by atoms with Crippen molar-refractivity contribution in [3.05, 3.63) is 91.0 Å². The van der Waals surface area contributed by atoms with Crippen molar-refractivity contribution in [2.24, 2.45) is 5.92 Å². The van der Waals surface area contributed by atoms with Gasteiger partial charge in [-0.15, -0.1) is 0 Å². The molecule has 1 heterocycles. The normalized spacial score (nSPS) is 15.3. The fraction of sp³-hybridized carbons (Fsp3) is 0.172. The molecule has 1 aliphatic heterocycles. The second-order valence-corrected chi connectivity index (χ2v) is 8.43. The summed E-state index contributed by atoms with van der Waals surface area (Å²) in [4.78, 5) is 27.1. The highest BCUT2D eigenvalue weighted by Crippen LogP contribution is 2.31. The van der Waals surface area contributed by atoms with Gasteiger partial charge >= 0.3 is 0 Å². The molecule has 1 saturated heterocycles. The van der Waals surface area contributed by atoms with E-state index in [-0.39, 0.29) is 18.2 Å². The van der Waals surface area contributed by atoms with Gasteiger partial charge in [-0.1, -0.05) is 36.4 Å². The first-order valence-electron chi connectivity index (χ1n) is 11.7. The Labute approximate surface area is 204 Å². The second kappa shape index (κ2) is 9.89. The van der Waals surface area contributed by atoms with E-state index in [0.29, 0.717) is 24.6 Å². The summed E-state index contributed by atoms with van der Waals surface area (Å²) in [7, 11) is 0. The SMILES string of the molecule is CCOc1ccc(N2C[C@@H](C(=O)Nc3ccc(Oc4cccc5ccccc45)cc3)CC2=O)cc1. The quantitative estimate of drug-likeness (QED) is 0.362. The highest BCUT2D eigenvalue weighted by Gasteiger charge is 2.35. The summed E-state index contributed by atoms with van der Waals surface area (Å²) in [6.07, 6.45) is 0.182. The maximum Gasteiger partial charge on any atom is 0.229 e. The summed E-state index contributed by atoms with van der Waals surface area (Å²) < 4.78 is 11.5. The molecule has 0 saturated carbocycles. The molecule has 0 radical (unpaired) electrons. The van der Waals surface area contributed by atoms with E-state index in [9.17, 15) is 9.59 Å². The van der Waals surface area contributed by atoms with Crippen molar-refractivity contribution in [3.63, 3.8) is 0 Å². The summed E-state index contributed by atoms with van der Waals surface area (Å²) >= 11 is 0. The molecule has 176 valence electrons. The first-order chi connectivity index (χ1) is 17.1. The Bertz CT molecular complexity index is 1340. The van der Waals surface area contributed by atoms with Gasteiger partial charge in [0.2, 0.25) is 11.8 Å². The maximum atomic E-state index is 12.9. The van der Waals surface area contributed by atoms with Crippen LogP contribution in [0.1, 0.15) is 13.3 Å². The van der Waals surface area contributed by atoms with Crippen molar-refractivity contribution in [1.29, 1.82) is 0 Å². The van der Waals surface area contributed by atoms with Gasteiger partial charge in [-0.05, 0) is 66.9 Å². The summed E-state index contributed by atoms with van der Waals surface area (Å²) in [6, 6.07) is 28.6. The molecule has 0 bridgehead atoms. The Hall–Kier alpha value is -4.32. The number of fused-ring (bicyclic) bond motifs is 1. The molecule has 0 aromatic heterocycles. The first kappa shape index (κ1) is 22.5. The number of hydrogen-bond acceptors (Lipinski definition) is 4. The molecule has 0 spiro atoms. The topological polar surface area (TPSA) is 67.9 Å². The van der Waals surface area contributed by atoms with E-state index in [2.05, 4.69) is 5.32 Å². The Balaban J connectivity index is 1.21. The molecule has 6 heteroatoms. The van der Waals surface area contributed by atoms with Crippen LogP contribution >= 0.6 is 0 Å². The van der Waals surface area contributed by atoms with E-state index in [1.807, 2.05) is 85.8 Å². The van der Waals surface area contributed by atoms with Crippen LogP contribution in [0.4, 0.5) is 11.4 Å². The minimum atomic E-state index is -0.416. The van der Waals surface area contributed by atoms with Gasteiger partial charge in [0, 0.05) is 29.7 Å². The lowest BCUT2D eigenvalue weighted by molar-refractivity contribution is -0.122. The van der Waals surface area contributed by atoms with Crippen molar-refractivity contribution in [2.75, 3.05) is 23.4 Å². The summed E-state index contributed by atoms with van der Waals surface area (Å²) in [6.45, 7) is 2.86. The fourth-order valence-electron chi connectivity index (χ4n) is 4.28. The number of benzene rings is 4. The van der Waals surface area contributed by atoms with Crippen LogP contribution in [-0.4, -0.2) is 25.0 Å². The van der Waals surface area contributed by atoms with Gasteiger partial charge < -0.3 is 19.7 Å². The van der Waals surface area contributed by atoms with Gasteiger partial charge in [-0.25, -0.2) is 0 Å². The molecule has 2 amide bonds. The van der Waals surface area contributed by atoms with Crippen molar-refractivity contribution in [3.8, 4) is 17.2 Å². The number of hydrogen-bond donors (Lipinski definition) is 1. The lowest BCUT2D eigenvalue weighted by atomic mass is 10.1. The third kappa shape index (κ3) is 4.96. The number of ether oxygens (including phenoxy) is 2. The van der Waals surface area contributed by atoms with Crippen molar-refractivity contribution >= 4 is 34.0 Å². The number of nitrogens with zero attached hydrogens (tertiary/aromatic N) is 1. The predicted molar refractivity (Wildman–Crippen MR) is 137 cm³/mol. The standard InChI is InChI=1S/C29H26N2O4/c1-2-34-24-16-12-23(13-17-24)31-19-21(18-28(31)32)29(33)30-22-10-14-25(15-11-22)35-27-9-5-7-20-6-3-4-8-26(20)27/h3-17,21H,2,18-19H2,1H3,(H,30,33)/t21-/m0/s1. The van der Waals surface area contributed by atoms with E-state index in [4.69, 9.17) is 9.47 Å². The van der Waals surface area contributed by atoms with Crippen LogP contribution in [0.25, 0.3) is 10.8 Å². The van der Waals surface area contributed by atoms with Crippen molar-refractivity contribution in [1.82, 2.24) is 0 Å². The van der Waals surface area contributed by atoms with Gasteiger partial charge in [0.1, 0.15) is 17.2 Å².